The lowest BCUT2D eigenvalue weighted by atomic mass is 10.2. The molecule has 0 heterocycles. The van der Waals surface area contributed by atoms with Crippen molar-refractivity contribution in [3.63, 3.8) is 0 Å². The van der Waals surface area contributed by atoms with Crippen molar-refractivity contribution in [1.29, 1.82) is 0 Å². The number of ether oxygens (including phenoxy) is 1. The fourth-order valence-electron chi connectivity index (χ4n) is 1.07. The molecule has 0 radical (unpaired) electrons. The Kier molecular flexibility index (Phi) is 3.93. The Morgan fingerprint density at radius 1 is 1.47 bits per heavy atom. The lowest BCUT2D eigenvalue weighted by molar-refractivity contribution is 0.0364. The van der Waals surface area contributed by atoms with Crippen molar-refractivity contribution in [2.75, 3.05) is 19.5 Å². The van der Waals surface area contributed by atoms with Crippen LogP contribution in [0.2, 0.25) is 0 Å². The third-order valence-corrected chi connectivity index (χ3v) is 1.74. The van der Waals surface area contributed by atoms with Gasteiger partial charge in [0, 0.05) is 17.3 Å². The number of nitrogens with two attached hydrogens (primary N) is 1. The van der Waals surface area contributed by atoms with Gasteiger partial charge in [-0.05, 0) is 19.1 Å². The van der Waals surface area contributed by atoms with Gasteiger partial charge in [-0.3, -0.25) is 9.63 Å². The Hall–Kier alpha value is -1.75. The molecule has 0 aliphatic carbocycles. The first-order chi connectivity index (χ1) is 7.17. The number of carbonyl (C=O) groups is 1. The molecular weight excluding hydrogens is 196 g/mol. The molecule has 82 valence electrons. The van der Waals surface area contributed by atoms with E-state index in [-0.39, 0.29) is 5.91 Å². The molecule has 0 aromatic heterocycles. The van der Waals surface area contributed by atoms with Gasteiger partial charge in [0.2, 0.25) is 0 Å². The minimum absolute atomic E-state index is 0.345. The summed E-state index contributed by atoms with van der Waals surface area (Å²) in [4.78, 5) is 16.3. The second kappa shape index (κ2) is 5.21. The van der Waals surface area contributed by atoms with Crippen molar-refractivity contribution in [3.8, 4) is 5.75 Å². The topological polar surface area (TPSA) is 73.6 Å². The van der Waals surface area contributed by atoms with Gasteiger partial charge in [0.25, 0.3) is 5.91 Å². The van der Waals surface area contributed by atoms with Crippen LogP contribution in [0.4, 0.5) is 5.69 Å². The molecule has 0 spiro atoms. The number of methoxy groups -OCH3 is 1. The van der Waals surface area contributed by atoms with Crippen LogP contribution < -0.4 is 16.0 Å². The molecule has 0 aliphatic rings. The van der Waals surface area contributed by atoms with E-state index in [9.17, 15) is 4.79 Å². The number of carbonyl (C=O) groups excluding carboxylic acids is 1. The molecule has 1 aromatic carbocycles. The van der Waals surface area contributed by atoms with E-state index in [1.807, 2.05) is 0 Å². The van der Waals surface area contributed by atoms with Crippen molar-refractivity contribution < 1.29 is 14.4 Å². The number of rotatable bonds is 4. The summed E-state index contributed by atoms with van der Waals surface area (Å²) in [7, 11) is 1.51. The van der Waals surface area contributed by atoms with Crippen molar-refractivity contribution in [3.05, 3.63) is 23.8 Å². The predicted molar refractivity (Wildman–Crippen MR) is 56.5 cm³/mol. The average molecular weight is 210 g/mol. The van der Waals surface area contributed by atoms with Crippen molar-refractivity contribution in [1.82, 2.24) is 5.48 Å². The number of benzene rings is 1. The molecule has 0 unspecified atom stereocenters. The van der Waals surface area contributed by atoms with Crippen LogP contribution in [-0.2, 0) is 4.84 Å². The third-order valence-electron chi connectivity index (χ3n) is 1.74. The molecule has 0 saturated heterocycles. The number of nitrogens with one attached hydrogen (secondary N) is 1. The highest BCUT2D eigenvalue weighted by Gasteiger charge is 2.07. The molecule has 3 N–H and O–H groups in total. The molecule has 0 bridgehead atoms. The second-order valence-electron chi connectivity index (χ2n) is 2.86. The van der Waals surface area contributed by atoms with E-state index in [2.05, 4.69) is 5.48 Å². The Balaban J connectivity index is 2.83. The van der Waals surface area contributed by atoms with E-state index in [4.69, 9.17) is 15.3 Å². The summed E-state index contributed by atoms with van der Waals surface area (Å²) in [5.74, 6) is 0.194. The van der Waals surface area contributed by atoms with Crippen molar-refractivity contribution in [2.24, 2.45) is 0 Å². The molecule has 15 heavy (non-hydrogen) atoms. The van der Waals surface area contributed by atoms with Crippen LogP contribution in [0.15, 0.2) is 18.2 Å². The number of hydrogen-bond donors (Lipinski definition) is 2. The predicted octanol–water partition coefficient (Wildman–Crippen LogP) is 0.959. The zero-order valence-electron chi connectivity index (χ0n) is 8.74. The minimum Gasteiger partial charge on any atom is -0.497 e. The second-order valence-corrected chi connectivity index (χ2v) is 2.86. The van der Waals surface area contributed by atoms with Gasteiger partial charge >= 0.3 is 0 Å². The summed E-state index contributed by atoms with van der Waals surface area (Å²) in [6.07, 6.45) is 0. The average Bonchev–Trinajstić information content (AvgIpc) is 2.24. The summed E-state index contributed by atoms with van der Waals surface area (Å²) >= 11 is 0. The molecule has 5 nitrogen and oxygen atoms in total. The summed E-state index contributed by atoms with van der Waals surface area (Å²) in [6, 6.07) is 4.78. The quantitative estimate of drug-likeness (QED) is 0.573. The molecule has 1 amide bonds. The molecule has 5 heteroatoms. The summed E-state index contributed by atoms with van der Waals surface area (Å²) < 4.78 is 4.99. The first-order valence-corrected chi connectivity index (χ1v) is 4.54. The largest absolute Gasteiger partial charge is 0.497 e. The highest BCUT2D eigenvalue weighted by atomic mass is 16.6. The van der Waals surface area contributed by atoms with E-state index >= 15 is 0 Å². The van der Waals surface area contributed by atoms with Gasteiger partial charge in [-0.25, -0.2) is 5.48 Å². The first-order valence-electron chi connectivity index (χ1n) is 4.54. The van der Waals surface area contributed by atoms with Crippen LogP contribution >= 0.6 is 0 Å². The highest BCUT2D eigenvalue weighted by Crippen LogP contribution is 2.18. The Morgan fingerprint density at radius 2 is 2.20 bits per heavy atom. The molecule has 0 atom stereocenters. The molecule has 1 aromatic rings. The minimum atomic E-state index is -0.345. The van der Waals surface area contributed by atoms with E-state index in [1.165, 1.54) is 7.11 Å². The number of amides is 1. The maximum atomic E-state index is 11.5. The van der Waals surface area contributed by atoms with Gasteiger partial charge in [-0.2, -0.15) is 0 Å². The lowest BCUT2D eigenvalue weighted by Gasteiger charge is -2.07. The van der Waals surface area contributed by atoms with Crippen LogP contribution in [0, 0.1) is 0 Å². The highest BCUT2D eigenvalue weighted by molar-refractivity contribution is 5.94. The van der Waals surface area contributed by atoms with Gasteiger partial charge in [0.1, 0.15) is 5.75 Å². The van der Waals surface area contributed by atoms with Crippen molar-refractivity contribution >= 4 is 11.6 Å². The van der Waals surface area contributed by atoms with Gasteiger partial charge in [0.05, 0.1) is 13.7 Å². The fraction of sp³-hybridized carbons (Fsp3) is 0.300. The molecule has 0 saturated carbocycles. The van der Waals surface area contributed by atoms with Crippen LogP contribution in [0.3, 0.4) is 0 Å². The first kappa shape index (κ1) is 11.3. The van der Waals surface area contributed by atoms with Gasteiger partial charge < -0.3 is 10.5 Å². The number of anilines is 1. The van der Waals surface area contributed by atoms with E-state index in [0.29, 0.717) is 23.6 Å². The zero-order chi connectivity index (χ0) is 11.3. The monoisotopic (exact) mass is 210 g/mol. The Labute approximate surface area is 88.1 Å². The number of hydrogen-bond acceptors (Lipinski definition) is 4. The summed E-state index contributed by atoms with van der Waals surface area (Å²) in [6.45, 7) is 2.19. The van der Waals surface area contributed by atoms with Gasteiger partial charge in [-0.15, -0.1) is 0 Å². The zero-order valence-corrected chi connectivity index (χ0v) is 8.74. The normalized spacial score (nSPS) is 9.73. The van der Waals surface area contributed by atoms with Crippen molar-refractivity contribution in [2.45, 2.75) is 6.92 Å². The van der Waals surface area contributed by atoms with Crippen LogP contribution in [0.5, 0.6) is 5.75 Å². The number of nitrogen functional groups attached to an aromatic ring is 1. The van der Waals surface area contributed by atoms with Gasteiger partial charge in [0.15, 0.2) is 0 Å². The SMILES string of the molecule is CCONC(=O)c1cc(N)cc(OC)c1. The molecule has 1 rings (SSSR count). The van der Waals surface area contributed by atoms with E-state index < -0.39 is 0 Å². The Morgan fingerprint density at radius 3 is 2.80 bits per heavy atom. The maximum absolute atomic E-state index is 11.5. The van der Waals surface area contributed by atoms with Crippen LogP contribution in [0.1, 0.15) is 17.3 Å². The fourth-order valence-corrected chi connectivity index (χ4v) is 1.07. The van der Waals surface area contributed by atoms with Crippen LogP contribution in [0.25, 0.3) is 0 Å². The number of hydroxylamine groups is 1. The Bertz CT molecular complexity index is 353. The third kappa shape index (κ3) is 3.14. The van der Waals surface area contributed by atoms with E-state index in [0.717, 1.165) is 0 Å². The summed E-state index contributed by atoms with van der Waals surface area (Å²) in [5.41, 5.74) is 8.75. The molecule has 0 fully saturated rings. The molecule has 0 aliphatic heterocycles. The van der Waals surface area contributed by atoms with Gasteiger partial charge in [-0.1, -0.05) is 0 Å². The molecular formula is C10H14N2O3. The maximum Gasteiger partial charge on any atom is 0.275 e. The summed E-state index contributed by atoms with van der Waals surface area (Å²) in [5, 5.41) is 0. The lowest BCUT2D eigenvalue weighted by Crippen LogP contribution is -2.23. The van der Waals surface area contributed by atoms with Crippen LogP contribution in [-0.4, -0.2) is 19.6 Å². The van der Waals surface area contributed by atoms with E-state index in [1.54, 1.807) is 25.1 Å². The standard InChI is InChI=1S/C10H14N2O3/c1-3-15-12-10(13)7-4-8(11)6-9(5-7)14-2/h4-6H,3,11H2,1-2H3,(H,12,13). The smallest absolute Gasteiger partial charge is 0.275 e.